The fourth-order valence-electron chi connectivity index (χ4n) is 2.78. The van der Waals surface area contributed by atoms with Gasteiger partial charge in [-0.1, -0.05) is 24.3 Å². The van der Waals surface area contributed by atoms with Gasteiger partial charge in [-0.05, 0) is 55.7 Å². The van der Waals surface area contributed by atoms with Crippen LogP contribution in [-0.4, -0.2) is 34.2 Å². The molecular weight excluding hydrogens is 364 g/mol. The number of anilines is 1. The van der Waals surface area contributed by atoms with E-state index in [-0.39, 0.29) is 18.5 Å². The predicted molar refractivity (Wildman–Crippen MR) is 108 cm³/mol. The molecule has 0 saturated carbocycles. The molecule has 0 aliphatic heterocycles. The van der Waals surface area contributed by atoms with E-state index in [4.69, 9.17) is 4.74 Å². The second-order valence-corrected chi connectivity index (χ2v) is 8.46. The first kappa shape index (κ1) is 20.8. The van der Waals surface area contributed by atoms with Gasteiger partial charge in [0.15, 0.2) is 0 Å². The maximum atomic E-state index is 12.5. The minimum Gasteiger partial charge on any atom is -0.497 e. The largest absolute Gasteiger partial charge is 0.497 e. The van der Waals surface area contributed by atoms with Crippen molar-refractivity contribution in [3.63, 3.8) is 0 Å². The van der Waals surface area contributed by atoms with E-state index in [0.717, 1.165) is 33.0 Å². The van der Waals surface area contributed by atoms with Crippen molar-refractivity contribution in [2.75, 3.05) is 24.2 Å². The second kappa shape index (κ2) is 8.43. The highest BCUT2D eigenvalue weighted by Gasteiger charge is 2.23. The number of nitrogens with zero attached hydrogens (tertiary/aromatic N) is 1. The third kappa shape index (κ3) is 5.23. The third-order valence-corrected chi connectivity index (χ3v) is 5.65. The molecule has 7 heteroatoms. The summed E-state index contributed by atoms with van der Waals surface area (Å²) >= 11 is 0. The zero-order valence-electron chi connectivity index (χ0n) is 16.3. The van der Waals surface area contributed by atoms with Crippen LogP contribution in [0.2, 0.25) is 0 Å². The molecule has 6 nitrogen and oxygen atoms in total. The van der Waals surface area contributed by atoms with Crippen molar-refractivity contribution in [2.45, 2.75) is 26.8 Å². The highest BCUT2D eigenvalue weighted by Crippen LogP contribution is 2.25. The molecule has 1 amide bonds. The number of aryl methyl sites for hydroxylation is 1. The number of nitrogens with one attached hydrogen (secondary N) is 1. The van der Waals surface area contributed by atoms with Gasteiger partial charge in [0.2, 0.25) is 15.9 Å². The molecule has 0 aliphatic carbocycles. The smallest absolute Gasteiger partial charge is 0.241 e. The number of methoxy groups -OCH3 is 1. The van der Waals surface area contributed by atoms with E-state index in [9.17, 15) is 13.2 Å². The van der Waals surface area contributed by atoms with Crippen LogP contribution in [0.25, 0.3) is 0 Å². The van der Waals surface area contributed by atoms with Gasteiger partial charge in [-0.15, -0.1) is 0 Å². The Morgan fingerprint density at radius 1 is 1.15 bits per heavy atom. The first-order valence-corrected chi connectivity index (χ1v) is 10.5. The molecule has 0 radical (unpaired) electrons. The van der Waals surface area contributed by atoms with Crippen molar-refractivity contribution in [2.24, 2.45) is 0 Å². The van der Waals surface area contributed by atoms with E-state index in [0.29, 0.717) is 5.69 Å². The van der Waals surface area contributed by atoms with Crippen molar-refractivity contribution in [1.82, 2.24) is 5.32 Å². The summed E-state index contributed by atoms with van der Waals surface area (Å²) < 4.78 is 30.9. The number of hydrogen-bond acceptors (Lipinski definition) is 4. The standard InChI is InChI=1S/C20H26N2O4S/c1-14-7-6-8-19(15(14)2)22(27(5,24)25)13-20(23)21-16(3)17-9-11-18(26-4)12-10-17/h6-12,16H,13H2,1-5H3,(H,21,23)/t16-/m1/s1. The van der Waals surface area contributed by atoms with Crippen LogP contribution < -0.4 is 14.4 Å². The molecule has 0 aliphatic rings. The second-order valence-electron chi connectivity index (χ2n) is 6.55. The Labute approximate surface area is 161 Å². The molecule has 146 valence electrons. The molecule has 1 N–H and O–H groups in total. The van der Waals surface area contributed by atoms with E-state index in [1.807, 2.05) is 51.1 Å². The number of carbonyl (C=O) groups is 1. The number of amides is 1. The molecule has 0 fully saturated rings. The van der Waals surface area contributed by atoms with Crippen molar-refractivity contribution in [3.05, 3.63) is 59.2 Å². The van der Waals surface area contributed by atoms with Crippen molar-refractivity contribution < 1.29 is 17.9 Å². The number of benzene rings is 2. The Hall–Kier alpha value is -2.54. The van der Waals surface area contributed by atoms with Crippen LogP contribution in [0.1, 0.15) is 29.7 Å². The number of carbonyl (C=O) groups excluding carboxylic acids is 1. The molecule has 2 aromatic rings. The van der Waals surface area contributed by atoms with E-state index in [1.54, 1.807) is 19.2 Å². The normalized spacial score (nSPS) is 12.3. The minimum atomic E-state index is -3.61. The minimum absolute atomic E-state index is 0.261. The summed E-state index contributed by atoms with van der Waals surface area (Å²) in [5.41, 5.74) is 3.22. The quantitative estimate of drug-likeness (QED) is 0.789. The topological polar surface area (TPSA) is 75.7 Å². The monoisotopic (exact) mass is 390 g/mol. The summed E-state index contributed by atoms with van der Waals surface area (Å²) in [5, 5.41) is 2.85. The van der Waals surface area contributed by atoms with Gasteiger partial charge in [-0.25, -0.2) is 8.42 Å². The van der Waals surface area contributed by atoms with E-state index in [1.165, 1.54) is 0 Å². The Morgan fingerprint density at radius 2 is 1.78 bits per heavy atom. The Bertz CT molecular complexity index is 908. The van der Waals surface area contributed by atoms with Gasteiger partial charge in [0, 0.05) is 0 Å². The lowest BCUT2D eigenvalue weighted by Crippen LogP contribution is -2.41. The van der Waals surface area contributed by atoms with Gasteiger partial charge < -0.3 is 10.1 Å². The van der Waals surface area contributed by atoms with Crippen LogP contribution in [0.3, 0.4) is 0 Å². The SMILES string of the molecule is COc1ccc([C@@H](C)NC(=O)CN(c2cccc(C)c2C)S(C)(=O)=O)cc1. The summed E-state index contributed by atoms with van der Waals surface area (Å²) in [7, 11) is -2.02. The van der Waals surface area contributed by atoms with Gasteiger partial charge in [0.05, 0.1) is 25.1 Å². The Kier molecular flexibility index (Phi) is 6.49. The average molecular weight is 391 g/mol. The molecule has 0 saturated heterocycles. The molecular formula is C20H26N2O4S. The Morgan fingerprint density at radius 3 is 2.33 bits per heavy atom. The first-order valence-electron chi connectivity index (χ1n) is 8.60. The molecule has 0 aromatic heterocycles. The van der Waals surface area contributed by atoms with Crippen LogP contribution in [0.5, 0.6) is 5.75 Å². The summed E-state index contributed by atoms with van der Waals surface area (Å²) in [6.07, 6.45) is 1.11. The molecule has 0 spiro atoms. The number of sulfonamides is 1. The number of ether oxygens (including phenoxy) is 1. The highest BCUT2D eigenvalue weighted by atomic mass is 32.2. The van der Waals surface area contributed by atoms with Crippen LogP contribution in [0, 0.1) is 13.8 Å². The average Bonchev–Trinajstić information content (AvgIpc) is 2.61. The summed E-state index contributed by atoms with van der Waals surface area (Å²) in [6, 6.07) is 12.5. The predicted octanol–water partition coefficient (Wildman–Crippen LogP) is 2.96. The Balaban J connectivity index is 2.17. The lowest BCUT2D eigenvalue weighted by atomic mass is 10.1. The molecule has 2 aromatic carbocycles. The first-order chi connectivity index (χ1) is 12.6. The highest BCUT2D eigenvalue weighted by molar-refractivity contribution is 7.92. The van der Waals surface area contributed by atoms with E-state index < -0.39 is 10.0 Å². The summed E-state index contributed by atoms with van der Waals surface area (Å²) in [5.74, 6) is 0.361. The summed E-state index contributed by atoms with van der Waals surface area (Å²) in [4.78, 5) is 12.5. The van der Waals surface area contributed by atoms with Gasteiger partial charge in [0.1, 0.15) is 12.3 Å². The molecule has 0 heterocycles. The van der Waals surface area contributed by atoms with Crippen molar-refractivity contribution >= 4 is 21.6 Å². The fourth-order valence-corrected chi connectivity index (χ4v) is 3.69. The van der Waals surface area contributed by atoms with Crippen molar-refractivity contribution in [1.29, 1.82) is 0 Å². The van der Waals surface area contributed by atoms with Gasteiger partial charge in [-0.2, -0.15) is 0 Å². The van der Waals surface area contributed by atoms with Gasteiger partial charge in [-0.3, -0.25) is 9.10 Å². The summed E-state index contributed by atoms with van der Waals surface area (Å²) in [6.45, 7) is 5.33. The molecule has 27 heavy (non-hydrogen) atoms. The van der Waals surface area contributed by atoms with E-state index >= 15 is 0 Å². The number of rotatable bonds is 7. The fraction of sp³-hybridized carbons (Fsp3) is 0.350. The van der Waals surface area contributed by atoms with Crippen LogP contribution >= 0.6 is 0 Å². The van der Waals surface area contributed by atoms with Crippen LogP contribution in [0.15, 0.2) is 42.5 Å². The zero-order chi connectivity index (χ0) is 20.2. The van der Waals surface area contributed by atoms with Gasteiger partial charge in [0.25, 0.3) is 0 Å². The third-order valence-electron chi connectivity index (χ3n) is 4.53. The maximum absolute atomic E-state index is 12.5. The van der Waals surface area contributed by atoms with Crippen LogP contribution in [0.4, 0.5) is 5.69 Å². The molecule has 0 unspecified atom stereocenters. The zero-order valence-corrected chi connectivity index (χ0v) is 17.1. The molecule has 0 bridgehead atoms. The van der Waals surface area contributed by atoms with Gasteiger partial charge >= 0.3 is 0 Å². The lowest BCUT2D eigenvalue weighted by Gasteiger charge is -2.25. The van der Waals surface area contributed by atoms with E-state index in [2.05, 4.69) is 5.32 Å². The maximum Gasteiger partial charge on any atom is 0.241 e. The van der Waals surface area contributed by atoms with Crippen molar-refractivity contribution in [3.8, 4) is 5.75 Å². The van der Waals surface area contributed by atoms with Crippen LogP contribution in [-0.2, 0) is 14.8 Å². The molecule has 1 atom stereocenters. The number of hydrogen-bond donors (Lipinski definition) is 1. The molecule has 2 rings (SSSR count). The lowest BCUT2D eigenvalue weighted by molar-refractivity contribution is -0.120.